The van der Waals surface area contributed by atoms with Crippen LogP contribution in [0.5, 0.6) is 5.75 Å². The number of fused-ring (bicyclic) bond motifs is 1. The molecular formula is C20H21ClN2O2S. The van der Waals surface area contributed by atoms with Crippen LogP contribution in [-0.4, -0.2) is 45.1 Å². The standard InChI is InChI=1S/C20H21ClN2O2S/c1-22(2)12-13-23-16-6-4-5-7-17(16)26-19(18(21)20(23)24)14-8-10-15(25-3)11-9-14/h4-11H,12-13H2,1-3H3. The van der Waals surface area contributed by atoms with Gasteiger partial charge in [0, 0.05) is 22.9 Å². The Morgan fingerprint density at radius 1 is 1.12 bits per heavy atom. The number of amides is 1. The van der Waals surface area contributed by atoms with Crippen LogP contribution in [0.3, 0.4) is 0 Å². The van der Waals surface area contributed by atoms with E-state index < -0.39 is 0 Å². The van der Waals surface area contributed by atoms with Crippen LogP contribution in [0.2, 0.25) is 0 Å². The fourth-order valence-electron chi connectivity index (χ4n) is 2.70. The predicted molar refractivity (Wildman–Crippen MR) is 109 cm³/mol. The first-order valence-electron chi connectivity index (χ1n) is 8.29. The molecule has 2 aromatic carbocycles. The van der Waals surface area contributed by atoms with Crippen molar-refractivity contribution >= 4 is 39.9 Å². The number of carbonyl (C=O) groups excluding carboxylic acids is 1. The van der Waals surface area contributed by atoms with Gasteiger partial charge in [0.15, 0.2) is 0 Å². The highest BCUT2D eigenvalue weighted by Crippen LogP contribution is 2.45. The second-order valence-electron chi connectivity index (χ2n) is 6.20. The first kappa shape index (κ1) is 18.8. The van der Waals surface area contributed by atoms with Crippen molar-refractivity contribution in [3.8, 4) is 5.75 Å². The Balaban J connectivity index is 2.05. The highest BCUT2D eigenvalue weighted by molar-refractivity contribution is 8.08. The third kappa shape index (κ3) is 3.90. The lowest BCUT2D eigenvalue weighted by atomic mass is 10.2. The summed E-state index contributed by atoms with van der Waals surface area (Å²) in [5.74, 6) is 0.597. The Morgan fingerprint density at radius 2 is 1.81 bits per heavy atom. The predicted octanol–water partition coefficient (Wildman–Crippen LogP) is 4.30. The lowest BCUT2D eigenvalue weighted by Gasteiger charge is -2.24. The van der Waals surface area contributed by atoms with Gasteiger partial charge in [-0.05, 0) is 43.9 Å². The van der Waals surface area contributed by atoms with Gasteiger partial charge in [-0.15, -0.1) is 0 Å². The Labute approximate surface area is 163 Å². The van der Waals surface area contributed by atoms with Crippen molar-refractivity contribution in [3.05, 3.63) is 59.1 Å². The van der Waals surface area contributed by atoms with Crippen LogP contribution in [0.15, 0.2) is 58.5 Å². The van der Waals surface area contributed by atoms with Gasteiger partial charge < -0.3 is 14.5 Å². The molecule has 136 valence electrons. The average molecular weight is 389 g/mol. The Morgan fingerprint density at radius 3 is 2.46 bits per heavy atom. The van der Waals surface area contributed by atoms with Crippen LogP contribution < -0.4 is 9.64 Å². The summed E-state index contributed by atoms with van der Waals surface area (Å²) in [4.78, 5) is 18.7. The van der Waals surface area contributed by atoms with E-state index in [0.29, 0.717) is 6.54 Å². The van der Waals surface area contributed by atoms with Crippen LogP contribution in [0.1, 0.15) is 5.56 Å². The molecule has 6 heteroatoms. The van der Waals surface area contributed by atoms with Gasteiger partial charge in [0.25, 0.3) is 5.91 Å². The molecule has 1 aliphatic rings. The van der Waals surface area contributed by atoms with Crippen LogP contribution in [0.4, 0.5) is 5.69 Å². The van der Waals surface area contributed by atoms with Gasteiger partial charge in [0.2, 0.25) is 0 Å². The minimum Gasteiger partial charge on any atom is -0.497 e. The number of benzene rings is 2. The molecular weight excluding hydrogens is 368 g/mol. The molecule has 1 amide bonds. The average Bonchev–Trinajstić information content (AvgIpc) is 2.76. The summed E-state index contributed by atoms with van der Waals surface area (Å²) in [6, 6.07) is 15.5. The van der Waals surface area contributed by atoms with Crippen LogP contribution in [0.25, 0.3) is 4.91 Å². The van der Waals surface area contributed by atoms with E-state index in [4.69, 9.17) is 16.3 Å². The monoisotopic (exact) mass is 388 g/mol. The number of ether oxygens (including phenoxy) is 1. The molecule has 0 N–H and O–H groups in total. The number of thioether (sulfide) groups is 1. The fraction of sp³-hybridized carbons (Fsp3) is 0.250. The quantitative estimate of drug-likeness (QED) is 0.764. The molecule has 0 aliphatic carbocycles. The first-order chi connectivity index (χ1) is 12.5. The zero-order valence-electron chi connectivity index (χ0n) is 15.0. The van der Waals surface area contributed by atoms with Gasteiger partial charge in [0.1, 0.15) is 10.8 Å². The Kier molecular flexibility index (Phi) is 5.91. The molecule has 0 spiro atoms. The first-order valence-corrected chi connectivity index (χ1v) is 9.48. The lowest BCUT2D eigenvalue weighted by Crippen LogP contribution is -2.36. The number of hydrogen-bond acceptors (Lipinski definition) is 4. The molecule has 4 nitrogen and oxygen atoms in total. The summed E-state index contributed by atoms with van der Waals surface area (Å²) in [6.07, 6.45) is 0. The van der Waals surface area contributed by atoms with E-state index in [1.807, 2.05) is 62.6 Å². The van der Waals surface area contributed by atoms with Crippen molar-refractivity contribution in [1.82, 2.24) is 4.90 Å². The molecule has 0 radical (unpaired) electrons. The van der Waals surface area contributed by atoms with Crippen molar-refractivity contribution in [1.29, 1.82) is 0 Å². The van der Waals surface area contributed by atoms with Gasteiger partial charge in [-0.1, -0.05) is 47.6 Å². The van der Waals surface area contributed by atoms with E-state index in [0.717, 1.165) is 33.3 Å². The molecule has 0 fully saturated rings. The maximum Gasteiger partial charge on any atom is 0.271 e. The molecule has 2 aromatic rings. The number of likely N-dealkylation sites (N-methyl/N-ethyl adjacent to an activating group) is 1. The van der Waals surface area contributed by atoms with Crippen LogP contribution in [0, 0.1) is 0 Å². The van der Waals surface area contributed by atoms with Crippen molar-refractivity contribution in [2.75, 3.05) is 39.2 Å². The number of hydrogen-bond donors (Lipinski definition) is 0. The van der Waals surface area contributed by atoms with Crippen molar-refractivity contribution in [3.63, 3.8) is 0 Å². The van der Waals surface area contributed by atoms with Gasteiger partial charge in [0.05, 0.1) is 12.8 Å². The number of carbonyl (C=O) groups is 1. The number of nitrogens with zero attached hydrogens (tertiary/aromatic N) is 2. The van der Waals surface area contributed by atoms with E-state index in [9.17, 15) is 4.79 Å². The maximum atomic E-state index is 13.1. The summed E-state index contributed by atoms with van der Waals surface area (Å²) in [7, 11) is 5.61. The number of methoxy groups -OCH3 is 1. The molecule has 1 heterocycles. The molecule has 1 aliphatic heterocycles. The summed E-state index contributed by atoms with van der Waals surface area (Å²) in [5, 5.41) is 0.245. The summed E-state index contributed by atoms with van der Waals surface area (Å²) in [5.41, 5.74) is 1.80. The van der Waals surface area contributed by atoms with Crippen LogP contribution in [-0.2, 0) is 4.79 Å². The minimum absolute atomic E-state index is 0.170. The fourth-order valence-corrected chi connectivity index (χ4v) is 4.10. The Hall–Kier alpha value is -1.95. The third-order valence-corrected chi connectivity index (χ3v) is 5.80. The number of halogens is 1. The molecule has 3 rings (SSSR count). The summed E-state index contributed by atoms with van der Waals surface area (Å²) in [6.45, 7) is 1.34. The zero-order chi connectivity index (χ0) is 18.7. The lowest BCUT2D eigenvalue weighted by molar-refractivity contribution is -0.114. The molecule has 26 heavy (non-hydrogen) atoms. The normalized spacial score (nSPS) is 14.5. The number of rotatable bonds is 5. The summed E-state index contributed by atoms with van der Waals surface area (Å²) < 4.78 is 5.22. The van der Waals surface area contributed by atoms with E-state index in [-0.39, 0.29) is 10.9 Å². The molecule has 0 atom stereocenters. The van der Waals surface area contributed by atoms with E-state index >= 15 is 0 Å². The highest BCUT2D eigenvalue weighted by atomic mass is 35.5. The zero-order valence-corrected chi connectivity index (χ0v) is 16.6. The number of para-hydroxylation sites is 1. The van der Waals surface area contributed by atoms with Gasteiger partial charge in [-0.3, -0.25) is 4.79 Å². The van der Waals surface area contributed by atoms with Gasteiger partial charge >= 0.3 is 0 Å². The summed E-state index contributed by atoms with van der Waals surface area (Å²) >= 11 is 8.09. The topological polar surface area (TPSA) is 32.8 Å². The highest BCUT2D eigenvalue weighted by Gasteiger charge is 2.29. The molecule has 0 saturated carbocycles. The number of anilines is 1. The molecule has 0 unspecified atom stereocenters. The van der Waals surface area contributed by atoms with Gasteiger partial charge in [-0.2, -0.15) is 0 Å². The SMILES string of the molecule is COc1ccc(C2=C(Cl)C(=O)N(CCN(C)C)c3ccccc3S2)cc1. The second-order valence-corrected chi connectivity index (χ2v) is 7.63. The molecule has 0 saturated heterocycles. The maximum absolute atomic E-state index is 13.1. The third-order valence-electron chi connectivity index (χ3n) is 4.12. The van der Waals surface area contributed by atoms with E-state index in [2.05, 4.69) is 4.90 Å². The molecule has 0 bridgehead atoms. The largest absolute Gasteiger partial charge is 0.497 e. The van der Waals surface area contributed by atoms with E-state index in [1.165, 1.54) is 11.8 Å². The second kappa shape index (κ2) is 8.16. The Bertz CT molecular complexity index is 834. The van der Waals surface area contributed by atoms with E-state index in [1.54, 1.807) is 12.0 Å². The van der Waals surface area contributed by atoms with Crippen LogP contribution >= 0.6 is 23.4 Å². The van der Waals surface area contributed by atoms with Crippen molar-refractivity contribution < 1.29 is 9.53 Å². The van der Waals surface area contributed by atoms with Gasteiger partial charge in [-0.25, -0.2) is 0 Å². The van der Waals surface area contributed by atoms with Crippen molar-refractivity contribution in [2.24, 2.45) is 0 Å². The molecule has 0 aromatic heterocycles. The smallest absolute Gasteiger partial charge is 0.271 e. The minimum atomic E-state index is -0.170. The van der Waals surface area contributed by atoms with Crippen molar-refractivity contribution in [2.45, 2.75) is 4.90 Å².